The molecule has 16 rings (SSSR count). The van der Waals surface area contributed by atoms with Crippen LogP contribution in [0.25, 0.3) is 0 Å². The highest BCUT2D eigenvalue weighted by molar-refractivity contribution is 6.03. The van der Waals surface area contributed by atoms with Crippen molar-refractivity contribution in [2.24, 2.45) is 135 Å². The van der Waals surface area contributed by atoms with E-state index in [1.54, 1.807) is 0 Å². The third kappa shape index (κ3) is 0.599. The zero-order valence-corrected chi connectivity index (χ0v) is 32.5. The van der Waals surface area contributed by atoms with Crippen LogP contribution < -0.4 is 0 Å². The summed E-state index contributed by atoms with van der Waals surface area (Å²) in [6, 6.07) is 0. The number of fused-ring (bicyclic) bond motifs is 8. The van der Waals surface area contributed by atoms with E-state index < -0.39 is 0 Å². The fourth-order valence-electron chi connectivity index (χ4n) is 36.4. The number of hydrogen-bond acceptors (Lipinski definition) is 0. The predicted octanol–water partition coefficient (Wildman–Crippen LogP) is 10.3. The number of hydrogen-bond donors (Lipinski definition) is 0. The summed E-state index contributed by atoms with van der Waals surface area (Å²) in [6.45, 7) is 58.6. The summed E-state index contributed by atoms with van der Waals surface area (Å²) in [4.78, 5) is 0. The Morgan fingerprint density at radius 1 is 0.133 bits per heavy atom. The Morgan fingerprint density at radius 2 is 0.267 bits per heavy atom. The Balaban J connectivity index is 1.19. The molecule has 16 saturated carbocycles. The van der Waals surface area contributed by atoms with E-state index in [9.17, 15) is 0 Å². The molecule has 45 heavy (non-hydrogen) atoms. The standard InChI is InChI=1S/C45H60/c1-21(2)25(9)33(17)27(11)22(3,4)29(13)35(19)31(15)24(7,8)32(16)36(20)30(14)23(5,6)28(12)34(18)26(21,10)37(25)41(33)38(27,29)43(35)40(31,32)44(36)39(28,30)42(34,37)45(41,43)44/h1-20H3. The lowest BCUT2D eigenvalue weighted by Gasteiger charge is -3.58. The lowest BCUT2D eigenvalue weighted by molar-refractivity contribution is -1.13. The molecule has 0 aromatic carbocycles. The molecule has 0 aromatic heterocycles. The van der Waals surface area contributed by atoms with Crippen LogP contribution in [0.1, 0.15) is 138 Å². The molecule has 0 bridgehead atoms. The van der Waals surface area contributed by atoms with Gasteiger partial charge in [-0.1, -0.05) is 138 Å². The van der Waals surface area contributed by atoms with Crippen molar-refractivity contribution in [3.63, 3.8) is 0 Å². The normalized spacial score (nSPS) is 99.5. The van der Waals surface area contributed by atoms with E-state index in [-0.39, 0.29) is 0 Å². The van der Waals surface area contributed by atoms with Crippen LogP contribution in [0.2, 0.25) is 0 Å². The molecule has 0 N–H and O–H groups in total. The third-order valence-corrected chi connectivity index (χ3v) is 33.8. The fraction of sp³-hybridized carbons (Fsp3) is 1.00. The van der Waals surface area contributed by atoms with Crippen LogP contribution in [-0.2, 0) is 0 Å². The van der Waals surface area contributed by atoms with E-state index in [1.165, 1.54) is 0 Å². The molecule has 16 aliphatic carbocycles. The molecule has 0 heterocycles. The Labute approximate surface area is 273 Å². The average Bonchev–Trinajstić information content (AvgIpc) is 2.93. The maximum absolute atomic E-state index is 3.01. The van der Waals surface area contributed by atoms with Crippen molar-refractivity contribution in [2.75, 3.05) is 0 Å². The van der Waals surface area contributed by atoms with Gasteiger partial charge in [-0.05, 0) is 135 Å². The van der Waals surface area contributed by atoms with Gasteiger partial charge in [0.05, 0.1) is 0 Å². The van der Waals surface area contributed by atoms with Crippen molar-refractivity contribution in [1.29, 1.82) is 0 Å². The second-order valence-electron chi connectivity index (χ2n) is 26.8. The topological polar surface area (TPSA) is 0 Å². The molecule has 16 aliphatic rings. The van der Waals surface area contributed by atoms with Crippen LogP contribution in [0.4, 0.5) is 0 Å². The minimum Gasteiger partial charge on any atom is -0.0588 e. The molecule has 8 unspecified atom stereocenters. The Hall–Kier alpha value is 0. The lowest BCUT2D eigenvalue weighted by atomic mass is 8.44. The van der Waals surface area contributed by atoms with E-state index in [2.05, 4.69) is 138 Å². The van der Waals surface area contributed by atoms with Crippen LogP contribution >= 0.6 is 0 Å². The monoisotopic (exact) mass is 600 g/mol. The maximum atomic E-state index is 3.01. The summed E-state index contributed by atoms with van der Waals surface area (Å²) in [7, 11) is 0. The lowest BCUT2D eigenvalue weighted by Crippen LogP contribution is -3.56. The maximum Gasteiger partial charge on any atom is -0.000144 e. The van der Waals surface area contributed by atoms with E-state index in [1.807, 2.05) is 0 Å². The van der Waals surface area contributed by atoms with Gasteiger partial charge in [0.1, 0.15) is 0 Å². The van der Waals surface area contributed by atoms with Gasteiger partial charge < -0.3 is 0 Å². The SMILES string of the molecule is CC1(C)C2(C)C3(C)C4(C)C(C)(C)C5(C)C6(C)C7(C)C(C)(C)C8(C)C9(C)C%10(C)C(C)(C)C%11(C)C%12(C)C1(C)C21C32C45C63C78C94C%11%10C%121C234. The van der Waals surface area contributed by atoms with Gasteiger partial charge in [-0.15, -0.1) is 0 Å². The van der Waals surface area contributed by atoms with E-state index in [0.29, 0.717) is 135 Å². The highest BCUT2D eigenvalue weighted by atomic mass is 15.6. The van der Waals surface area contributed by atoms with E-state index >= 15 is 0 Å². The predicted molar refractivity (Wildman–Crippen MR) is 174 cm³/mol. The van der Waals surface area contributed by atoms with Gasteiger partial charge in [0.15, 0.2) is 0 Å². The fourth-order valence-corrected chi connectivity index (χ4v) is 36.4. The minimum atomic E-state index is 0.384. The van der Waals surface area contributed by atoms with Crippen molar-refractivity contribution in [3.8, 4) is 0 Å². The first-order valence-corrected chi connectivity index (χ1v) is 20.0. The Bertz CT molecular complexity index is 1720. The smallest absolute Gasteiger partial charge is 0.000144 e. The second kappa shape index (κ2) is 3.62. The van der Waals surface area contributed by atoms with Crippen molar-refractivity contribution in [2.45, 2.75) is 138 Å². The molecule has 0 radical (unpaired) electrons. The van der Waals surface area contributed by atoms with Gasteiger partial charge in [-0.25, -0.2) is 0 Å². The van der Waals surface area contributed by atoms with Crippen molar-refractivity contribution in [3.05, 3.63) is 0 Å². The molecule has 8 atom stereocenters. The first-order valence-electron chi connectivity index (χ1n) is 20.0. The van der Waals surface area contributed by atoms with Crippen LogP contribution in [-0.4, -0.2) is 0 Å². The summed E-state index contributed by atoms with van der Waals surface area (Å²) < 4.78 is 0. The number of rotatable bonds is 0. The molecule has 0 aromatic rings. The molecule has 0 heteroatoms. The molecule has 0 amide bonds. The second-order valence-corrected chi connectivity index (χ2v) is 26.8. The van der Waals surface area contributed by atoms with Crippen molar-refractivity contribution in [1.82, 2.24) is 0 Å². The van der Waals surface area contributed by atoms with E-state index in [0.717, 1.165) is 0 Å². The summed E-state index contributed by atoms with van der Waals surface area (Å²) in [5.74, 6) is 0. The van der Waals surface area contributed by atoms with Crippen LogP contribution in [0, 0.1) is 135 Å². The van der Waals surface area contributed by atoms with Crippen molar-refractivity contribution >= 4 is 0 Å². The third-order valence-electron chi connectivity index (χ3n) is 33.8. The van der Waals surface area contributed by atoms with Gasteiger partial charge in [0, 0.05) is 0 Å². The largest absolute Gasteiger partial charge is 0.0588 e. The summed E-state index contributed by atoms with van der Waals surface area (Å²) in [5, 5.41) is 0. The molecule has 0 nitrogen and oxygen atoms in total. The van der Waals surface area contributed by atoms with Crippen LogP contribution in [0.3, 0.4) is 0 Å². The molecular formula is C45H60. The summed E-state index contributed by atoms with van der Waals surface area (Å²) >= 11 is 0. The zero-order chi connectivity index (χ0) is 32.5. The van der Waals surface area contributed by atoms with Crippen molar-refractivity contribution < 1.29 is 0 Å². The summed E-state index contributed by atoms with van der Waals surface area (Å²) in [6.07, 6.45) is 0. The van der Waals surface area contributed by atoms with Crippen LogP contribution in [0.15, 0.2) is 0 Å². The molecule has 240 valence electrons. The minimum absolute atomic E-state index is 0.384. The van der Waals surface area contributed by atoms with Gasteiger partial charge in [-0.2, -0.15) is 0 Å². The van der Waals surface area contributed by atoms with Gasteiger partial charge >= 0.3 is 0 Å². The first-order chi connectivity index (χ1) is 20.0. The molecule has 16 fully saturated rings. The average molecular weight is 601 g/mol. The zero-order valence-electron chi connectivity index (χ0n) is 32.5. The Kier molecular flexibility index (Phi) is 1.94. The van der Waals surface area contributed by atoms with Gasteiger partial charge in [-0.3, -0.25) is 0 Å². The molecule has 0 saturated heterocycles. The molecule has 0 aliphatic heterocycles. The highest BCUT2D eigenvalue weighted by Crippen LogP contribution is 3.60. The van der Waals surface area contributed by atoms with Gasteiger partial charge in [0.2, 0.25) is 0 Å². The molecular weight excluding hydrogens is 540 g/mol. The Morgan fingerprint density at radius 3 is 0.400 bits per heavy atom. The highest BCUT2D eigenvalue weighted by Gasteiger charge is 3.59. The van der Waals surface area contributed by atoms with Crippen LogP contribution in [0.5, 0.6) is 0 Å². The molecule has 9 spiro atoms. The first kappa shape index (κ1) is 24.2. The van der Waals surface area contributed by atoms with Gasteiger partial charge in [0.25, 0.3) is 0 Å². The quantitative estimate of drug-likeness (QED) is 0.259. The van der Waals surface area contributed by atoms with E-state index in [4.69, 9.17) is 0 Å². The summed E-state index contributed by atoms with van der Waals surface area (Å²) in [5.41, 5.74) is 12.7.